The zero-order chi connectivity index (χ0) is 25.2. The second-order valence-electron chi connectivity index (χ2n) is 12.7. The average Bonchev–Trinajstić information content (AvgIpc) is 2.89. The van der Waals surface area contributed by atoms with E-state index in [1.807, 2.05) is 0 Å². The van der Waals surface area contributed by atoms with Crippen molar-refractivity contribution < 1.29 is 0 Å². The standard InChI is InChI=1S/C34H68N2/c1-2-4-6-8-10-14-19-25-33(26-20-15-11-9-7-5-3-1)34-27-21-18-24-30-35-29-22-16-12-13-17-23-31-36-32-28-34/h33-36H,1-32H2. The molecule has 2 N–H and O–H groups in total. The van der Waals surface area contributed by atoms with Crippen LogP contribution in [0, 0.1) is 11.8 Å². The van der Waals surface area contributed by atoms with Gasteiger partial charge in [-0.15, -0.1) is 0 Å². The molecule has 1 unspecified atom stereocenters. The topological polar surface area (TPSA) is 24.1 Å². The predicted molar refractivity (Wildman–Crippen MR) is 162 cm³/mol. The molecule has 1 heterocycles. The zero-order valence-corrected chi connectivity index (χ0v) is 24.8. The molecule has 1 saturated heterocycles. The van der Waals surface area contributed by atoms with Gasteiger partial charge in [0.1, 0.15) is 0 Å². The molecule has 2 aliphatic rings. The van der Waals surface area contributed by atoms with Crippen molar-refractivity contribution in [2.24, 2.45) is 11.8 Å². The van der Waals surface area contributed by atoms with Crippen LogP contribution in [0.25, 0.3) is 0 Å². The molecule has 0 spiro atoms. The first-order valence-electron chi connectivity index (χ1n) is 17.4. The summed E-state index contributed by atoms with van der Waals surface area (Å²) in [5.74, 6) is 1.96. The Hall–Kier alpha value is -0.0800. The van der Waals surface area contributed by atoms with Crippen LogP contribution in [-0.4, -0.2) is 26.2 Å². The highest BCUT2D eigenvalue weighted by molar-refractivity contribution is 4.73. The molecule has 0 aromatic rings. The van der Waals surface area contributed by atoms with Crippen molar-refractivity contribution in [3.8, 4) is 0 Å². The molecule has 0 bridgehead atoms. The molecule has 214 valence electrons. The molecule has 0 radical (unpaired) electrons. The van der Waals surface area contributed by atoms with Gasteiger partial charge in [0.25, 0.3) is 0 Å². The quantitative estimate of drug-likeness (QED) is 0.371. The third-order valence-corrected chi connectivity index (χ3v) is 9.39. The molecule has 0 amide bonds. The van der Waals surface area contributed by atoms with Crippen LogP contribution in [0.3, 0.4) is 0 Å². The van der Waals surface area contributed by atoms with Gasteiger partial charge in [-0.25, -0.2) is 0 Å². The van der Waals surface area contributed by atoms with Crippen LogP contribution in [-0.2, 0) is 0 Å². The smallest absolute Gasteiger partial charge is 0.00462 e. The molecule has 36 heavy (non-hydrogen) atoms. The van der Waals surface area contributed by atoms with E-state index in [-0.39, 0.29) is 0 Å². The summed E-state index contributed by atoms with van der Waals surface area (Å²) in [6.45, 7) is 5.00. The third kappa shape index (κ3) is 19.1. The minimum atomic E-state index is 0.968. The van der Waals surface area contributed by atoms with E-state index >= 15 is 0 Å². The van der Waals surface area contributed by atoms with E-state index in [4.69, 9.17) is 0 Å². The van der Waals surface area contributed by atoms with Crippen LogP contribution in [0.2, 0.25) is 0 Å². The highest BCUT2D eigenvalue weighted by Crippen LogP contribution is 2.32. The van der Waals surface area contributed by atoms with Crippen LogP contribution in [0.15, 0.2) is 0 Å². The van der Waals surface area contributed by atoms with Gasteiger partial charge in [-0.3, -0.25) is 0 Å². The lowest BCUT2D eigenvalue weighted by Gasteiger charge is -2.28. The Labute approximate surface area is 228 Å². The first-order valence-corrected chi connectivity index (χ1v) is 17.4. The van der Waals surface area contributed by atoms with Gasteiger partial charge >= 0.3 is 0 Å². The lowest BCUT2D eigenvalue weighted by molar-refractivity contribution is 0.240. The third-order valence-electron chi connectivity index (χ3n) is 9.39. The monoisotopic (exact) mass is 505 g/mol. The van der Waals surface area contributed by atoms with Crippen molar-refractivity contribution in [1.82, 2.24) is 10.6 Å². The molecular formula is C34H68N2. The highest BCUT2D eigenvalue weighted by atomic mass is 14.8. The van der Waals surface area contributed by atoms with Crippen molar-refractivity contribution >= 4 is 0 Å². The van der Waals surface area contributed by atoms with E-state index in [1.165, 1.54) is 206 Å². The van der Waals surface area contributed by atoms with E-state index in [9.17, 15) is 0 Å². The lowest BCUT2D eigenvalue weighted by Crippen LogP contribution is -2.24. The first-order chi connectivity index (χ1) is 18.0. The molecule has 2 rings (SSSR count). The molecule has 1 aliphatic carbocycles. The van der Waals surface area contributed by atoms with Gasteiger partial charge in [0.05, 0.1) is 0 Å². The van der Waals surface area contributed by atoms with E-state index < -0.39 is 0 Å². The maximum atomic E-state index is 3.86. The number of hydrogen-bond acceptors (Lipinski definition) is 2. The highest BCUT2D eigenvalue weighted by Gasteiger charge is 2.20. The number of rotatable bonds is 1. The van der Waals surface area contributed by atoms with Crippen LogP contribution in [0.5, 0.6) is 0 Å². The molecular weight excluding hydrogens is 436 g/mol. The van der Waals surface area contributed by atoms with Crippen molar-refractivity contribution in [2.75, 3.05) is 26.2 Å². The zero-order valence-electron chi connectivity index (χ0n) is 24.8. The number of nitrogens with one attached hydrogen (secondary N) is 2. The van der Waals surface area contributed by atoms with Gasteiger partial charge < -0.3 is 10.6 Å². The van der Waals surface area contributed by atoms with Crippen molar-refractivity contribution in [1.29, 1.82) is 0 Å². The summed E-state index contributed by atoms with van der Waals surface area (Å²) in [5, 5.41) is 7.57. The fourth-order valence-corrected chi connectivity index (χ4v) is 6.92. The summed E-state index contributed by atoms with van der Waals surface area (Å²) >= 11 is 0. The minimum Gasteiger partial charge on any atom is -0.317 e. The number of hydrogen-bond donors (Lipinski definition) is 2. The molecule has 2 nitrogen and oxygen atoms in total. The summed E-state index contributed by atoms with van der Waals surface area (Å²) in [4.78, 5) is 0. The van der Waals surface area contributed by atoms with E-state index in [0.717, 1.165) is 11.8 Å². The fourth-order valence-electron chi connectivity index (χ4n) is 6.92. The van der Waals surface area contributed by atoms with E-state index in [2.05, 4.69) is 10.6 Å². The SMILES string of the molecule is C1CCCCCCCCC(C2CCCCCNCCCCCCCCNCC2)CCCCCCCC1. The predicted octanol–water partition coefficient (Wildman–Crippen LogP) is 10.3. The van der Waals surface area contributed by atoms with Gasteiger partial charge in [0, 0.05) is 0 Å². The second kappa shape index (κ2) is 25.2. The summed E-state index contributed by atoms with van der Waals surface area (Å²) < 4.78 is 0. The summed E-state index contributed by atoms with van der Waals surface area (Å²) in [6, 6.07) is 0. The second-order valence-corrected chi connectivity index (χ2v) is 12.7. The first kappa shape index (κ1) is 32.1. The Morgan fingerprint density at radius 3 is 0.861 bits per heavy atom. The normalized spacial score (nSPS) is 27.2. The summed E-state index contributed by atoms with van der Waals surface area (Å²) in [6.07, 6.45) is 41.1. The average molecular weight is 505 g/mol. The lowest BCUT2D eigenvalue weighted by atomic mass is 9.79. The van der Waals surface area contributed by atoms with Crippen molar-refractivity contribution in [3.63, 3.8) is 0 Å². The maximum Gasteiger partial charge on any atom is -0.00462 e. The molecule has 1 aliphatic heterocycles. The van der Waals surface area contributed by atoms with Crippen LogP contribution < -0.4 is 10.6 Å². The van der Waals surface area contributed by atoms with Crippen LogP contribution in [0.1, 0.15) is 180 Å². The van der Waals surface area contributed by atoms with Crippen LogP contribution in [0.4, 0.5) is 0 Å². The maximum absolute atomic E-state index is 3.86. The largest absolute Gasteiger partial charge is 0.317 e. The molecule has 0 aromatic heterocycles. The van der Waals surface area contributed by atoms with Crippen molar-refractivity contribution in [3.05, 3.63) is 0 Å². The summed E-state index contributed by atoms with van der Waals surface area (Å²) in [5.41, 5.74) is 0. The van der Waals surface area contributed by atoms with Crippen LogP contribution >= 0.6 is 0 Å². The van der Waals surface area contributed by atoms with Gasteiger partial charge in [-0.05, 0) is 63.7 Å². The van der Waals surface area contributed by atoms with Gasteiger partial charge in [0.2, 0.25) is 0 Å². The summed E-state index contributed by atoms with van der Waals surface area (Å²) in [7, 11) is 0. The van der Waals surface area contributed by atoms with E-state index in [0.29, 0.717) is 0 Å². The molecule has 0 aromatic carbocycles. The Bertz CT molecular complexity index is 361. The van der Waals surface area contributed by atoms with E-state index in [1.54, 1.807) is 0 Å². The van der Waals surface area contributed by atoms with Gasteiger partial charge in [0.15, 0.2) is 0 Å². The Morgan fingerprint density at radius 2 is 0.472 bits per heavy atom. The van der Waals surface area contributed by atoms with Crippen molar-refractivity contribution in [2.45, 2.75) is 180 Å². The molecule has 1 atom stereocenters. The molecule has 2 fully saturated rings. The van der Waals surface area contributed by atoms with Gasteiger partial charge in [-0.2, -0.15) is 0 Å². The molecule has 1 saturated carbocycles. The Kier molecular flexibility index (Phi) is 22.5. The van der Waals surface area contributed by atoms with Gasteiger partial charge in [-0.1, -0.05) is 154 Å². The minimum absolute atomic E-state index is 0.968. The molecule has 2 heteroatoms. The Balaban J connectivity index is 1.83. The fraction of sp³-hybridized carbons (Fsp3) is 1.00. The Morgan fingerprint density at radius 1 is 0.222 bits per heavy atom.